The van der Waals surface area contributed by atoms with Crippen molar-refractivity contribution in [2.45, 2.75) is 38.6 Å². The minimum Gasteiger partial charge on any atom is -0.327 e. The van der Waals surface area contributed by atoms with Crippen LogP contribution in [0.1, 0.15) is 37.1 Å². The number of allylic oxidation sites excluding steroid dienone is 4. The lowest BCUT2D eigenvalue weighted by Crippen LogP contribution is -2.38. The molecule has 2 aliphatic carbocycles. The maximum absolute atomic E-state index is 5.48. The molecule has 0 radical (unpaired) electrons. The predicted octanol–water partition coefficient (Wildman–Crippen LogP) is 12.8. The maximum atomic E-state index is 5.48. The lowest BCUT2D eigenvalue weighted by molar-refractivity contribution is 0.451. The van der Waals surface area contributed by atoms with E-state index in [1.165, 1.54) is 63.9 Å². The van der Waals surface area contributed by atoms with Gasteiger partial charge in [-0.2, -0.15) is 0 Å². The number of rotatable bonds is 2. The summed E-state index contributed by atoms with van der Waals surface area (Å²) in [5.41, 5.74) is 12.2. The van der Waals surface area contributed by atoms with E-state index in [4.69, 9.17) is 9.97 Å². The molecule has 0 amide bonds. The molecule has 0 fully saturated rings. The fraction of sp³-hybridized carbons (Fsp3) is 0.143. The number of benzene rings is 6. The van der Waals surface area contributed by atoms with Gasteiger partial charge in [-0.1, -0.05) is 110 Å². The van der Waals surface area contributed by atoms with E-state index in [0.29, 0.717) is 11.9 Å². The maximum Gasteiger partial charge on any atom is 0.235 e. The molecular weight excluding hydrogens is 677 g/mol. The van der Waals surface area contributed by atoms with Gasteiger partial charge in [-0.15, -0.1) is 11.3 Å². The molecule has 1 aliphatic heterocycles. The predicted molar refractivity (Wildman–Crippen MR) is 226 cm³/mol. The Hall–Kier alpha value is -6.04. The molecule has 13 rings (SSSR count). The molecule has 5 heterocycles. The van der Waals surface area contributed by atoms with Crippen molar-refractivity contribution >= 4 is 86.7 Å². The third kappa shape index (κ3) is 3.46. The zero-order valence-electron chi connectivity index (χ0n) is 30.2. The summed E-state index contributed by atoms with van der Waals surface area (Å²) in [4.78, 5) is 12.4. The van der Waals surface area contributed by atoms with Gasteiger partial charge in [0.05, 0.1) is 38.8 Å². The van der Waals surface area contributed by atoms with E-state index in [2.05, 4.69) is 157 Å². The molecule has 4 bridgehead atoms. The van der Waals surface area contributed by atoms with Crippen molar-refractivity contribution in [2.75, 3.05) is 0 Å². The van der Waals surface area contributed by atoms with E-state index in [-0.39, 0.29) is 11.5 Å². The van der Waals surface area contributed by atoms with Gasteiger partial charge in [0.1, 0.15) is 0 Å². The van der Waals surface area contributed by atoms with Crippen LogP contribution in [0.15, 0.2) is 139 Å². The zero-order chi connectivity index (χ0) is 35.6. The van der Waals surface area contributed by atoms with E-state index in [1.54, 1.807) is 11.1 Å². The summed E-state index contributed by atoms with van der Waals surface area (Å²) < 4.78 is 6.42. The summed E-state index contributed by atoms with van der Waals surface area (Å²) in [6, 6.07) is 42.4. The van der Waals surface area contributed by atoms with Crippen LogP contribution in [0.3, 0.4) is 0 Å². The van der Waals surface area contributed by atoms with E-state index >= 15 is 0 Å². The molecule has 0 N–H and O–H groups in total. The van der Waals surface area contributed by atoms with Gasteiger partial charge in [-0.25, -0.2) is 9.97 Å². The molecule has 256 valence electrons. The number of fused-ring (bicyclic) bond motifs is 5. The summed E-state index contributed by atoms with van der Waals surface area (Å²) >= 11 is 2.01. The molecule has 5 heteroatoms. The third-order valence-electron chi connectivity index (χ3n) is 13.1. The molecule has 6 aromatic carbocycles. The van der Waals surface area contributed by atoms with E-state index in [1.807, 2.05) is 11.3 Å². The largest absolute Gasteiger partial charge is 0.327 e. The van der Waals surface area contributed by atoms with Crippen LogP contribution < -0.4 is 0 Å². The first-order chi connectivity index (χ1) is 26.5. The van der Waals surface area contributed by atoms with E-state index in [9.17, 15) is 0 Å². The Morgan fingerprint density at radius 2 is 1.46 bits per heavy atom. The van der Waals surface area contributed by atoms with Gasteiger partial charge in [0, 0.05) is 65.2 Å². The number of nitrogens with zero attached hydrogens (tertiary/aromatic N) is 4. The molecule has 0 saturated heterocycles. The van der Waals surface area contributed by atoms with Crippen LogP contribution in [0.5, 0.6) is 0 Å². The number of thiophene rings is 1. The average molecular weight is 711 g/mol. The highest BCUT2D eigenvalue weighted by Gasteiger charge is 2.44. The molecule has 0 spiro atoms. The molecular formula is C49H34N4S. The van der Waals surface area contributed by atoms with Gasteiger partial charge < -0.3 is 4.57 Å². The third-order valence-corrected chi connectivity index (χ3v) is 14.3. The van der Waals surface area contributed by atoms with Crippen molar-refractivity contribution in [3.63, 3.8) is 0 Å². The highest BCUT2D eigenvalue weighted by Crippen LogP contribution is 2.57. The van der Waals surface area contributed by atoms with Gasteiger partial charge in [-0.3, -0.25) is 4.57 Å². The Labute approximate surface area is 315 Å². The fourth-order valence-corrected chi connectivity index (χ4v) is 12.3. The highest BCUT2D eigenvalue weighted by molar-refractivity contribution is 7.19. The van der Waals surface area contributed by atoms with Gasteiger partial charge in [-0.05, 0) is 65.8 Å². The molecule has 54 heavy (non-hydrogen) atoms. The molecule has 10 aromatic rings. The second kappa shape index (κ2) is 9.93. The molecule has 4 aromatic heterocycles. The lowest BCUT2D eigenvalue weighted by Gasteiger charge is -2.44. The second-order valence-electron chi connectivity index (χ2n) is 15.9. The number of aromatic nitrogens is 4. The van der Waals surface area contributed by atoms with Crippen LogP contribution in [-0.2, 0) is 12.0 Å². The van der Waals surface area contributed by atoms with Crippen molar-refractivity contribution in [3.8, 4) is 17.2 Å². The Morgan fingerprint density at radius 3 is 2.35 bits per heavy atom. The Balaban J connectivity index is 1.29. The Kier molecular flexibility index (Phi) is 5.41. The number of hydrogen-bond donors (Lipinski definition) is 0. The summed E-state index contributed by atoms with van der Waals surface area (Å²) in [7, 11) is 0. The van der Waals surface area contributed by atoms with Crippen LogP contribution in [0, 0.1) is 5.92 Å². The van der Waals surface area contributed by atoms with Gasteiger partial charge >= 0.3 is 0 Å². The monoisotopic (exact) mass is 710 g/mol. The van der Waals surface area contributed by atoms with E-state index < -0.39 is 0 Å². The number of hydrogen-bond acceptors (Lipinski definition) is 3. The molecule has 4 nitrogen and oxygen atoms in total. The molecule has 0 saturated carbocycles. The molecule has 3 unspecified atom stereocenters. The van der Waals surface area contributed by atoms with Gasteiger partial charge in [0.2, 0.25) is 5.95 Å². The van der Waals surface area contributed by atoms with Gasteiger partial charge in [0.15, 0.2) is 0 Å². The summed E-state index contributed by atoms with van der Waals surface area (Å²) in [6.07, 6.45) is 6.01. The molecule has 3 aliphatic rings. The van der Waals surface area contributed by atoms with Crippen molar-refractivity contribution in [1.82, 2.24) is 19.1 Å². The van der Waals surface area contributed by atoms with Crippen molar-refractivity contribution < 1.29 is 0 Å². The first kappa shape index (κ1) is 29.4. The SMILES string of the molecule is CC1C=CC2(C)C3=C1Cc1sc4ccc5ccc6c(c7cc8c(cc7n6-c6nc(-c7ccccc7)c7ccccc7n6)c6ccccc6n82)c5c4c1C3C. The first-order valence-electron chi connectivity index (χ1n) is 19.1. The van der Waals surface area contributed by atoms with Crippen LogP contribution in [-0.4, -0.2) is 19.1 Å². The topological polar surface area (TPSA) is 35.6 Å². The average Bonchev–Trinajstić information content (AvgIpc) is 3.85. The second-order valence-corrected chi connectivity index (χ2v) is 17.0. The van der Waals surface area contributed by atoms with Crippen LogP contribution >= 0.6 is 11.3 Å². The Morgan fingerprint density at radius 1 is 0.685 bits per heavy atom. The van der Waals surface area contributed by atoms with E-state index in [0.717, 1.165) is 39.6 Å². The van der Waals surface area contributed by atoms with Crippen LogP contribution in [0.4, 0.5) is 0 Å². The smallest absolute Gasteiger partial charge is 0.235 e. The summed E-state index contributed by atoms with van der Waals surface area (Å²) in [6.45, 7) is 7.37. The normalized spacial score (nSPS) is 20.4. The quantitative estimate of drug-likeness (QED) is 0.167. The number of para-hydroxylation sites is 2. The summed E-state index contributed by atoms with van der Waals surface area (Å²) in [5.74, 6) is 1.36. The minimum atomic E-state index is -0.333. The standard InChI is InChI=1S/C49H34N4S/c1-26-21-22-49(3)46-27(2)42-41(25-32(26)46)54-40-20-18-28-17-19-37-44(43(28)45(40)42)34-24-39-33(30-13-8-10-16-36(30)53(39)49)23-38(34)52(37)48-50-35-15-9-7-14-31(35)47(51-48)29-11-5-4-6-12-29/h4-24,26-27H,25H2,1-3H3. The van der Waals surface area contributed by atoms with Crippen molar-refractivity contribution in [1.29, 1.82) is 0 Å². The summed E-state index contributed by atoms with van der Waals surface area (Å²) in [5, 5.41) is 10.2. The van der Waals surface area contributed by atoms with Crippen molar-refractivity contribution in [3.05, 3.63) is 149 Å². The highest BCUT2D eigenvalue weighted by atomic mass is 32.1. The molecule has 3 atom stereocenters. The lowest BCUT2D eigenvalue weighted by atomic mass is 9.67. The van der Waals surface area contributed by atoms with Crippen LogP contribution in [0.25, 0.3) is 92.6 Å². The van der Waals surface area contributed by atoms with Gasteiger partial charge in [0.25, 0.3) is 0 Å². The first-order valence-corrected chi connectivity index (χ1v) is 19.9. The van der Waals surface area contributed by atoms with Crippen LogP contribution in [0.2, 0.25) is 0 Å². The zero-order valence-corrected chi connectivity index (χ0v) is 31.0. The van der Waals surface area contributed by atoms with Crippen molar-refractivity contribution in [2.24, 2.45) is 5.92 Å². The Bertz CT molecular complexity index is 3410. The minimum absolute atomic E-state index is 0.262. The fourth-order valence-electron chi connectivity index (χ4n) is 10.9.